The van der Waals surface area contributed by atoms with E-state index in [9.17, 15) is 18.7 Å². The van der Waals surface area contributed by atoms with Gasteiger partial charge in [0, 0.05) is 47.1 Å². The van der Waals surface area contributed by atoms with Crippen LogP contribution in [0.1, 0.15) is 33.5 Å². The predicted molar refractivity (Wildman–Crippen MR) is 113 cm³/mol. The molecule has 3 aromatic rings. The van der Waals surface area contributed by atoms with Gasteiger partial charge in [-0.15, -0.1) is 0 Å². The molecule has 1 aromatic heterocycles. The average molecular weight is 445 g/mol. The molecule has 0 fully saturated rings. The lowest BCUT2D eigenvalue weighted by Crippen LogP contribution is -2.31. The number of fused-ring (bicyclic) bond motifs is 1. The fourth-order valence-corrected chi connectivity index (χ4v) is 3.91. The van der Waals surface area contributed by atoms with Gasteiger partial charge < -0.3 is 14.7 Å². The molecule has 8 heteroatoms. The molecule has 160 valence electrons. The van der Waals surface area contributed by atoms with Gasteiger partial charge in [0.1, 0.15) is 29.8 Å². The van der Waals surface area contributed by atoms with Crippen molar-refractivity contribution in [1.29, 1.82) is 0 Å². The number of aromatic nitrogens is 1. The van der Waals surface area contributed by atoms with Gasteiger partial charge in [0.05, 0.1) is 5.56 Å². The van der Waals surface area contributed by atoms with Crippen LogP contribution in [0.15, 0.2) is 48.7 Å². The van der Waals surface area contributed by atoms with Gasteiger partial charge in [-0.3, -0.25) is 0 Å². The first-order valence-corrected chi connectivity index (χ1v) is 10.1. The van der Waals surface area contributed by atoms with Crippen molar-refractivity contribution in [2.45, 2.75) is 26.0 Å². The van der Waals surface area contributed by atoms with Crippen LogP contribution in [-0.2, 0) is 19.6 Å². The quantitative estimate of drug-likeness (QED) is 0.563. The molecule has 0 spiro atoms. The monoisotopic (exact) mass is 444 g/mol. The summed E-state index contributed by atoms with van der Waals surface area (Å²) >= 11 is 6.19. The van der Waals surface area contributed by atoms with Crippen molar-refractivity contribution in [2.24, 2.45) is 0 Å². The van der Waals surface area contributed by atoms with E-state index in [1.165, 1.54) is 24.4 Å². The zero-order valence-electron chi connectivity index (χ0n) is 16.4. The highest BCUT2D eigenvalue weighted by atomic mass is 35.5. The number of ether oxygens (including phenoxy) is 1. The third-order valence-electron chi connectivity index (χ3n) is 5.20. The van der Waals surface area contributed by atoms with Crippen molar-refractivity contribution in [3.05, 3.63) is 87.6 Å². The number of hydrogen-bond donors (Lipinski definition) is 1. The molecule has 2 heterocycles. The summed E-state index contributed by atoms with van der Waals surface area (Å²) in [4.78, 5) is 18.0. The van der Waals surface area contributed by atoms with E-state index in [2.05, 4.69) is 4.98 Å². The topological polar surface area (TPSA) is 62.7 Å². The predicted octanol–water partition coefficient (Wildman–Crippen LogP) is 5.24. The number of rotatable bonds is 6. The van der Waals surface area contributed by atoms with E-state index in [-0.39, 0.29) is 17.7 Å². The van der Waals surface area contributed by atoms with E-state index in [0.717, 1.165) is 18.1 Å². The maximum absolute atomic E-state index is 14.0. The van der Waals surface area contributed by atoms with Crippen LogP contribution < -0.4 is 9.64 Å². The minimum atomic E-state index is -0.978. The Balaban J connectivity index is 1.59. The zero-order chi connectivity index (χ0) is 22.0. The third kappa shape index (κ3) is 4.61. The highest BCUT2D eigenvalue weighted by molar-refractivity contribution is 6.30. The molecule has 1 aliphatic heterocycles. The van der Waals surface area contributed by atoms with Crippen LogP contribution in [0.25, 0.3) is 0 Å². The Hall–Kier alpha value is -3.19. The highest BCUT2D eigenvalue weighted by Crippen LogP contribution is 2.32. The number of benzene rings is 2. The molecule has 0 atom stereocenters. The molecule has 0 aliphatic carbocycles. The van der Waals surface area contributed by atoms with E-state index in [1.54, 1.807) is 18.2 Å². The van der Waals surface area contributed by atoms with Gasteiger partial charge in [-0.05, 0) is 49.2 Å². The molecule has 0 saturated carbocycles. The van der Waals surface area contributed by atoms with Crippen molar-refractivity contribution < 1.29 is 23.4 Å². The molecule has 2 aromatic carbocycles. The van der Waals surface area contributed by atoms with Crippen molar-refractivity contribution >= 4 is 23.4 Å². The van der Waals surface area contributed by atoms with Crippen LogP contribution in [0.4, 0.5) is 14.6 Å². The molecule has 31 heavy (non-hydrogen) atoms. The van der Waals surface area contributed by atoms with E-state index in [1.807, 2.05) is 4.90 Å². The van der Waals surface area contributed by atoms with Crippen LogP contribution in [0, 0.1) is 11.6 Å². The number of carboxylic acids is 1. The van der Waals surface area contributed by atoms with Crippen molar-refractivity contribution in [3.8, 4) is 5.75 Å². The van der Waals surface area contributed by atoms with E-state index < -0.39 is 17.6 Å². The Labute approximate surface area is 182 Å². The number of hydrogen-bond acceptors (Lipinski definition) is 4. The third-order valence-corrected chi connectivity index (χ3v) is 5.43. The summed E-state index contributed by atoms with van der Waals surface area (Å²) in [7, 11) is 0. The molecule has 0 unspecified atom stereocenters. The minimum Gasteiger partial charge on any atom is -0.488 e. The Kier molecular flexibility index (Phi) is 6.04. The van der Waals surface area contributed by atoms with Gasteiger partial charge >= 0.3 is 5.97 Å². The van der Waals surface area contributed by atoms with Crippen LogP contribution in [-0.4, -0.2) is 22.6 Å². The molecule has 0 bridgehead atoms. The van der Waals surface area contributed by atoms with Gasteiger partial charge in [0.25, 0.3) is 0 Å². The van der Waals surface area contributed by atoms with Crippen molar-refractivity contribution in [1.82, 2.24) is 4.98 Å². The Morgan fingerprint density at radius 3 is 2.77 bits per heavy atom. The largest absolute Gasteiger partial charge is 0.488 e. The van der Waals surface area contributed by atoms with E-state index in [4.69, 9.17) is 16.3 Å². The molecular weight excluding hydrogens is 426 g/mol. The second kappa shape index (κ2) is 8.89. The summed E-state index contributed by atoms with van der Waals surface area (Å²) < 4.78 is 32.9. The minimum absolute atomic E-state index is 0.0707. The van der Waals surface area contributed by atoms with Crippen LogP contribution >= 0.6 is 11.6 Å². The first-order chi connectivity index (χ1) is 14.9. The molecule has 1 aliphatic rings. The van der Waals surface area contributed by atoms with Gasteiger partial charge in [-0.25, -0.2) is 18.6 Å². The average Bonchev–Trinajstić information content (AvgIpc) is 2.74. The van der Waals surface area contributed by atoms with Gasteiger partial charge in [-0.1, -0.05) is 11.6 Å². The first kappa shape index (κ1) is 21.1. The summed E-state index contributed by atoms with van der Waals surface area (Å²) in [5.41, 5.74) is 1.95. The molecule has 0 radical (unpaired) electrons. The van der Waals surface area contributed by atoms with Crippen LogP contribution in [0.3, 0.4) is 0 Å². The number of aromatic carboxylic acids is 1. The maximum Gasteiger partial charge on any atom is 0.336 e. The second-order valence-corrected chi connectivity index (χ2v) is 7.70. The number of anilines is 1. The van der Waals surface area contributed by atoms with E-state index in [0.29, 0.717) is 41.7 Å². The Morgan fingerprint density at radius 1 is 1.16 bits per heavy atom. The highest BCUT2D eigenvalue weighted by Gasteiger charge is 2.24. The number of nitrogens with zero attached hydrogens (tertiary/aromatic N) is 2. The summed E-state index contributed by atoms with van der Waals surface area (Å²) in [6.07, 6.45) is 2.92. The van der Waals surface area contributed by atoms with Crippen LogP contribution in [0.5, 0.6) is 5.75 Å². The molecular formula is C23H19ClF2N2O3. The fourth-order valence-electron chi connectivity index (χ4n) is 3.72. The SMILES string of the molecule is O=C(O)c1ccnc2c1CCCN2Cc1cc(Cl)ccc1OCc1ccc(F)cc1F. The van der Waals surface area contributed by atoms with Gasteiger partial charge in [0.2, 0.25) is 0 Å². The standard InChI is InChI=1S/C23H19ClF2N2O3/c24-16-4-6-21(31-13-14-3-5-17(25)11-20(14)26)15(10-16)12-28-9-1-2-18-19(23(29)30)7-8-27-22(18)28/h3-8,10-11H,1-2,9,12-13H2,(H,29,30). The normalized spacial score (nSPS) is 13.1. The molecule has 0 amide bonds. The second-order valence-electron chi connectivity index (χ2n) is 7.27. The molecule has 0 saturated heterocycles. The first-order valence-electron chi connectivity index (χ1n) is 9.73. The number of pyridine rings is 1. The summed E-state index contributed by atoms with van der Waals surface area (Å²) in [5, 5.41) is 9.99. The summed E-state index contributed by atoms with van der Waals surface area (Å²) in [5.74, 6) is -1.17. The van der Waals surface area contributed by atoms with Crippen molar-refractivity contribution in [3.63, 3.8) is 0 Å². The number of carbonyl (C=O) groups is 1. The number of halogens is 3. The lowest BCUT2D eigenvalue weighted by molar-refractivity contribution is 0.0695. The maximum atomic E-state index is 14.0. The summed E-state index contributed by atoms with van der Waals surface area (Å²) in [6, 6.07) is 9.98. The Bertz CT molecular complexity index is 1140. The summed E-state index contributed by atoms with van der Waals surface area (Å²) in [6.45, 7) is 1.02. The fraction of sp³-hybridized carbons (Fsp3) is 0.217. The van der Waals surface area contributed by atoms with Gasteiger partial charge in [-0.2, -0.15) is 0 Å². The van der Waals surface area contributed by atoms with Crippen LogP contribution in [0.2, 0.25) is 5.02 Å². The van der Waals surface area contributed by atoms with E-state index >= 15 is 0 Å². The molecule has 5 nitrogen and oxygen atoms in total. The smallest absolute Gasteiger partial charge is 0.336 e. The number of carboxylic acid groups (broad SMARTS) is 1. The lowest BCUT2D eigenvalue weighted by Gasteiger charge is -2.31. The lowest BCUT2D eigenvalue weighted by atomic mass is 9.99. The Morgan fingerprint density at radius 2 is 2.00 bits per heavy atom. The molecule has 4 rings (SSSR count). The van der Waals surface area contributed by atoms with Crippen molar-refractivity contribution in [2.75, 3.05) is 11.4 Å². The van der Waals surface area contributed by atoms with Gasteiger partial charge in [0.15, 0.2) is 0 Å². The zero-order valence-corrected chi connectivity index (χ0v) is 17.2. The molecule has 1 N–H and O–H groups in total.